The number of halogens is 3. The molecular formula is C21H22F3N5O5. The lowest BCUT2D eigenvalue weighted by molar-refractivity contribution is -0.144. The lowest BCUT2D eigenvalue weighted by Gasteiger charge is -2.34. The van der Waals surface area contributed by atoms with Crippen LogP contribution >= 0.6 is 0 Å². The van der Waals surface area contributed by atoms with Crippen LogP contribution in [0, 0.1) is 6.92 Å². The summed E-state index contributed by atoms with van der Waals surface area (Å²) in [7, 11) is 0. The average molecular weight is 481 g/mol. The van der Waals surface area contributed by atoms with Crippen LogP contribution in [0.2, 0.25) is 0 Å². The maximum atomic E-state index is 13.3. The largest absolute Gasteiger partial charge is 0.449 e. The fourth-order valence-corrected chi connectivity index (χ4v) is 4.24. The zero-order valence-corrected chi connectivity index (χ0v) is 18.2. The van der Waals surface area contributed by atoms with Crippen LogP contribution < -0.4 is 11.2 Å². The van der Waals surface area contributed by atoms with E-state index in [9.17, 15) is 37.8 Å². The zero-order chi connectivity index (χ0) is 25.0. The number of imidazole rings is 1. The first-order chi connectivity index (χ1) is 15.8. The van der Waals surface area contributed by atoms with Crippen molar-refractivity contribution in [1.82, 2.24) is 24.4 Å². The number of likely N-dealkylation sites (tertiary alicyclic amines) is 1. The number of aliphatic hydroxyl groups is 2. The number of carbonyl (C=O) groups is 1. The molecule has 1 saturated heterocycles. The summed E-state index contributed by atoms with van der Waals surface area (Å²) < 4.78 is 40.0. The van der Waals surface area contributed by atoms with Crippen LogP contribution in [0.25, 0.3) is 11.0 Å². The first-order valence-electron chi connectivity index (χ1n) is 10.3. The van der Waals surface area contributed by atoms with Crippen molar-refractivity contribution in [3.63, 3.8) is 0 Å². The number of aryl methyl sites for hydroxylation is 1. The number of nitrogens with zero attached hydrogens (tertiary/aromatic N) is 3. The molecule has 1 aromatic carbocycles. The van der Waals surface area contributed by atoms with Gasteiger partial charge in [-0.2, -0.15) is 13.2 Å². The summed E-state index contributed by atoms with van der Waals surface area (Å²) in [6, 6.07) is 2.78. The van der Waals surface area contributed by atoms with Gasteiger partial charge in [0.15, 0.2) is 0 Å². The molecule has 10 nitrogen and oxygen atoms in total. The molecule has 0 aliphatic carbocycles. The SMILES string of the molecule is Cc1cn([C@H]2CN(C(=O)c3ccc4nc(C(F)(F)F)[nH]c4c3)C[C@H](O)C[C@]2(C)O)c(=O)[nH]c1=O. The van der Waals surface area contributed by atoms with Gasteiger partial charge in [-0.05, 0) is 32.0 Å². The molecule has 0 spiro atoms. The fourth-order valence-electron chi connectivity index (χ4n) is 4.24. The van der Waals surface area contributed by atoms with Crippen LogP contribution in [0.3, 0.4) is 0 Å². The third kappa shape index (κ3) is 4.35. The van der Waals surface area contributed by atoms with Gasteiger partial charge in [0.1, 0.15) is 0 Å². The maximum Gasteiger partial charge on any atom is 0.449 e. The van der Waals surface area contributed by atoms with E-state index in [2.05, 4.69) is 15.0 Å². The molecule has 4 N–H and O–H groups in total. The van der Waals surface area contributed by atoms with Crippen LogP contribution in [-0.4, -0.2) is 65.3 Å². The summed E-state index contributed by atoms with van der Waals surface area (Å²) in [5.41, 5.74) is -2.74. The van der Waals surface area contributed by atoms with Crippen molar-refractivity contribution in [3.05, 3.63) is 62.2 Å². The molecule has 1 aliphatic rings. The van der Waals surface area contributed by atoms with Crippen molar-refractivity contribution in [3.8, 4) is 0 Å². The van der Waals surface area contributed by atoms with Crippen LogP contribution in [0.1, 0.15) is 41.1 Å². The van der Waals surface area contributed by atoms with Gasteiger partial charge in [-0.1, -0.05) is 0 Å². The molecule has 1 aliphatic heterocycles. The number of aromatic amines is 2. The molecule has 1 amide bonds. The minimum Gasteiger partial charge on any atom is -0.391 e. The van der Waals surface area contributed by atoms with Gasteiger partial charge in [0.2, 0.25) is 5.82 Å². The summed E-state index contributed by atoms with van der Waals surface area (Å²) in [6.45, 7) is 2.50. The van der Waals surface area contributed by atoms with E-state index in [0.29, 0.717) is 0 Å². The summed E-state index contributed by atoms with van der Waals surface area (Å²) in [6.07, 6.45) is -4.72. The number of fused-ring (bicyclic) bond motifs is 1. The third-order valence-corrected chi connectivity index (χ3v) is 5.96. The molecule has 4 rings (SSSR count). The Hall–Kier alpha value is -3.45. The summed E-state index contributed by atoms with van der Waals surface area (Å²) in [5.74, 6) is -1.82. The van der Waals surface area contributed by atoms with E-state index in [-0.39, 0.29) is 41.7 Å². The highest BCUT2D eigenvalue weighted by Crippen LogP contribution is 2.32. The second-order valence-electron chi connectivity index (χ2n) is 8.73. The van der Waals surface area contributed by atoms with Crippen LogP contribution in [-0.2, 0) is 6.18 Å². The average Bonchev–Trinajstić information content (AvgIpc) is 3.12. The molecule has 1 fully saturated rings. The topological polar surface area (TPSA) is 144 Å². The van der Waals surface area contributed by atoms with E-state index in [1.807, 2.05) is 0 Å². The lowest BCUT2D eigenvalue weighted by atomic mass is 9.91. The number of aromatic nitrogens is 4. The van der Waals surface area contributed by atoms with Gasteiger partial charge in [0, 0.05) is 36.8 Å². The number of carbonyl (C=O) groups excluding carboxylic acids is 1. The third-order valence-electron chi connectivity index (χ3n) is 5.96. The number of alkyl halides is 3. The van der Waals surface area contributed by atoms with E-state index < -0.39 is 46.9 Å². The van der Waals surface area contributed by atoms with E-state index in [4.69, 9.17) is 0 Å². The van der Waals surface area contributed by atoms with Gasteiger partial charge in [0.25, 0.3) is 11.5 Å². The van der Waals surface area contributed by atoms with E-state index in [1.165, 1.54) is 43.1 Å². The van der Waals surface area contributed by atoms with Crippen molar-refractivity contribution >= 4 is 16.9 Å². The van der Waals surface area contributed by atoms with Gasteiger partial charge in [-0.3, -0.25) is 19.1 Å². The molecule has 3 atom stereocenters. The molecule has 0 unspecified atom stereocenters. The molecule has 182 valence electrons. The number of benzene rings is 1. The Morgan fingerprint density at radius 1 is 1.24 bits per heavy atom. The van der Waals surface area contributed by atoms with E-state index in [0.717, 1.165) is 4.57 Å². The lowest BCUT2D eigenvalue weighted by Crippen LogP contribution is -2.47. The van der Waals surface area contributed by atoms with Crippen molar-refractivity contribution in [1.29, 1.82) is 0 Å². The van der Waals surface area contributed by atoms with Gasteiger partial charge in [-0.25, -0.2) is 9.78 Å². The molecule has 3 aromatic rings. The minimum atomic E-state index is -4.68. The normalized spacial score (nSPS) is 23.8. The van der Waals surface area contributed by atoms with Crippen molar-refractivity contribution in [2.24, 2.45) is 0 Å². The van der Waals surface area contributed by atoms with Gasteiger partial charge in [0.05, 0.1) is 28.8 Å². The number of nitrogens with one attached hydrogen (secondary N) is 2. The second-order valence-corrected chi connectivity index (χ2v) is 8.73. The Morgan fingerprint density at radius 2 is 1.94 bits per heavy atom. The van der Waals surface area contributed by atoms with Crippen LogP contribution in [0.4, 0.5) is 13.2 Å². The Bertz CT molecular complexity index is 1370. The molecule has 2 aromatic heterocycles. The number of hydrogen-bond donors (Lipinski definition) is 4. The van der Waals surface area contributed by atoms with Gasteiger partial charge < -0.3 is 20.1 Å². The fraction of sp³-hybridized carbons (Fsp3) is 0.429. The Morgan fingerprint density at radius 3 is 2.62 bits per heavy atom. The second kappa shape index (κ2) is 8.09. The monoisotopic (exact) mass is 481 g/mol. The Labute approximate surface area is 189 Å². The molecule has 0 bridgehead atoms. The molecule has 34 heavy (non-hydrogen) atoms. The highest BCUT2D eigenvalue weighted by atomic mass is 19.4. The number of β-amino-alcohol motifs (C(OH)–C–C–N with tert-alkyl or cyclic N) is 1. The van der Waals surface area contributed by atoms with Crippen molar-refractivity contribution in [2.45, 2.75) is 44.2 Å². The summed E-state index contributed by atoms with van der Waals surface area (Å²) in [5, 5.41) is 21.5. The first kappa shape index (κ1) is 23.7. The number of H-pyrrole nitrogens is 2. The van der Waals surface area contributed by atoms with Crippen LogP contribution in [0.15, 0.2) is 34.0 Å². The van der Waals surface area contributed by atoms with Crippen molar-refractivity contribution in [2.75, 3.05) is 13.1 Å². The molecule has 0 radical (unpaired) electrons. The molecule has 0 saturated carbocycles. The highest BCUT2D eigenvalue weighted by Gasteiger charge is 2.42. The summed E-state index contributed by atoms with van der Waals surface area (Å²) >= 11 is 0. The van der Waals surface area contributed by atoms with Gasteiger partial charge >= 0.3 is 11.9 Å². The number of hydrogen-bond acceptors (Lipinski definition) is 6. The number of aliphatic hydroxyl groups excluding tert-OH is 1. The maximum absolute atomic E-state index is 13.3. The summed E-state index contributed by atoms with van der Waals surface area (Å²) in [4.78, 5) is 46.5. The number of rotatable bonds is 2. The zero-order valence-electron chi connectivity index (χ0n) is 18.2. The Kier molecular flexibility index (Phi) is 5.64. The van der Waals surface area contributed by atoms with Crippen molar-refractivity contribution < 1.29 is 28.2 Å². The minimum absolute atomic E-state index is 0.00423. The molecular weight excluding hydrogens is 459 g/mol. The predicted molar refractivity (Wildman–Crippen MR) is 113 cm³/mol. The quantitative estimate of drug-likeness (QED) is 0.429. The standard InChI is InChI=1S/C21H22F3N5O5/c1-10-7-29(19(33)27-16(10)31)15-9-28(8-12(30)6-20(15,2)34)17(32)11-3-4-13-14(5-11)26-18(25-13)21(22,23)24/h3-5,7,12,15,30,34H,6,8-9H2,1-2H3,(H,25,26)(H,27,31,33)/t12-,15+,20+/m1/s1. The van der Waals surface area contributed by atoms with Crippen LogP contribution in [0.5, 0.6) is 0 Å². The van der Waals surface area contributed by atoms with Gasteiger partial charge in [-0.15, -0.1) is 0 Å². The number of amides is 1. The first-order valence-corrected chi connectivity index (χ1v) is 10.3. The van der Waals surface area contributed by atoms with E-state index in [1.54, 1.807) is 0 Å². The molecule has 13 heteroatoms. The van der Waals surface area contributed by atoms with E-state index >= 15 is 0 Å². The highest BCUT2D eigenvalue weighted by molar-refractivity contribution is 5.97. The molecule has 3 heterocycles. The smallest absolute Gasteiger partial charge is 0.391 e. The predicted octanol–water partition coefficient (Wildman–Crippen LogP) is 0.939. The Balaban J connectivity index is 1.72.